The number of carboxylic acid groups (broad SMARTS) is 3. The lowest BCUT2D eigenvalue weighted by Crippen LogP contribution is -2.69. The zero-order valence-electron chi connectivity index (χ0n) is 21.0. The third-order valence-electron chi connectivity index (χ3n) is 5.19. The van der Waals surface area contributed by atoms with Crippen molar-refractivity contribution in [2.24, 2.45) is 0 Å². The maximum atomic E-state index is 10.4. The van der Waals surface area contributed by atoms with Crippen molar-refractivity contribution in [3.8, 4) is 0 Å². The van der Waals surface area contributed by atoms with Crippen molar-refractivity contribution in [2.45, 2.75) is 37.4 Å². The molecule has 0 radical (unpaired) electrons. The van der Waals surface area contributed by atoms with Gasteiger partial charge in [0.1, 0.15) is 18.1 Å². The predicted octanol–water partition coefficient (Wildman–Crippen LogP) is -2.27. The van der Waals surface area contributed by atoms with Crippen LogP contribution in [0.5, 0.6) is 0 Å². The van der Waals surface area contributed by atoms with Gasteiger partial charge in [0.05, 0.1) is 17.9 Å². The van der Waals surface area contributed by atoms with Gasteiger partial charge in [-0.1, -0.05) is 71.2 Å². The Balaban J connectivity index is 0.000000292. The lowest BCUT2D eigenvalue weighted by molar-refractivity contribution is -0.437. The number of carbonyl (C=O) groups excluding carboxylic acids is 3. The SMILES string of the molecule is [NH3+][C@H](Cc1ccc(Cl)cc1)C(=O)[O-].[NH3+][C@H](Cc1ccc(Cl)cc1)C(=O)[O-].[NH3+][C@H](Cc1ccc(Cl)cc1)C(=O)[O-]. The van der Waals surface area contributed by atoms with Crippen LogP contribution in [-0.4, -0.2) is 36.0 Å². The predicted molar refractivity (Wildman–Crippen MR) is 141 cm³/mol. The highest BCUT2D eigenvalue weighted by molar-refractivity contribution is 6.31. The quantitative estimate of drug-likeness (QED) is 0.247. The van der Waals surface area contributed by atoms with Gasteiger partial charge in [0.15, 0.2) is 0 Å². The maximum Gasteiger partial charge on any atom is 0.129 e. The van der Waals surface area contributed by atoms with Crippen LogP contribution in [0.1, 0.15) is 16.7 Å². The number of benzene rings is 3. The molecule has 0 aliphatic carbocycles. The van der Waals surface area contributed by atoms with Crippen LogP contribution in [0.25, 0.3) is 0 Å². The molecular formula is C27H30Cl3N3O6. The molecule has 0 saturated heterocycles. The van der Waals surface area contributed by atoms with Crippen molar-refractivity contribution in [1.82, 2.24) is 0 Å². The number of hydrogen-bond acceptors (Lipinski definition) is 6. The van der Waals surface area contributed by atoms with Gasteiger partial charge in [-0.05, 0) is 53.1 Å². The normalized spacial score (nSPS) is 12.5. The number of rotatable bonds is 9. The summed E-state index contributed by atoms with van der Waals surface area (Å²) in [6, 6.07) is 18.9. The molecule has 3 rings (SSSR count). The van der Waals surface area contributed by atoms with E-state index in [1.165, 1.54) is 0 Å². The van der Waals surface area contributed by atoms with E-state index in [1.54, 1.807) is 72.8 Å². The van der Waals surface area contributed by atoms with E-state index < -0.39 is 36.0 Å². The number of quaternary nitrogens is 3. The Morgan fingerprint density at radius 2 is 0.667 bits per heavy atom. The fourth-order valence-electron chi connectivity index (χ4n) is 2.97. The zero-order valence-corrected chi connectivity index (χ0v) is 23.3. The van der Waals surface area contributed by atoms with Crippen LogP contribution >= 0.6 is 34.8 Å². The Morgan fingerprint density at radius 1 is 0.487 bits per heavy atom. The van der Waals surface area contributed by atoms with Gasteiger partial charge in [-0.15, -0.1) is 0 Å². The Hall–Kier alpha value is -3.18. The van der Waals surface area contributed by atoms with Crippen LogP contribution < -0.4 is 32.5 Å². The average Bonchev–Trinajstić information content (AvgIpc) is 2.88. The van der Waals surface area contributed by atoms with Gasteiger partial charge >= 0.3 is 0 Å². The van der Waals surface area contributed by atoms with E-state index >= 15 is 0 Å². The number of halogens is 3. The third kappa shape index (κ3) is 14.5. The molecule has 9 N–H and O–H groups in total. The number of carbonyl (C=O) groups is 3. The molecule has 0 unspecified atom stereocenters. The van der Waals surface area contributed by atoms with Crippen LogP contribution in [0, 0.1) is 0 Å². The lowest BCUT2D eigenvalue weighted by atomic mass is 10.1. The first-order valence-corrected chi connectivity index (χ1v) is 12.8. The first kappa shape index (κ1) is 33.8. The summed E-state index contributed by atoms with van der Waals surface area (Å²) < 4.78 is 0. The molecule has 3 atom stereocenters. The minimum atomic E-state index is -1.13. The van der Waals surface area contributed by atoms with E-state index in [0.717, 1.165) is 16.7 Å². The topological polar surface area (TPSA) is 203 Å². The molecule has 3 aromatic carbocycles. The van der Waals surface area contributed by atoms with E-state index in [2.05, 4.69) is 17.2 Å². The van der Waals surface area contributed by atoms with Crippen molar-refractivity contribution in [3.05, 3.63) is 105 Å². The zero-order chi connectivity index (χ0) is 29.5. The van der Waals surface area contributed by atoms with Gasteiger partial charge in [0, 0.05) is 34.3 Å². The average molecular weight is 599 g/mol. The van der Waals surface area contributed by atoms with Gasteiger partial charge in [-0.3, -0.25) is 0 Å². The molecule has 0 saturated carbocycles. The molecule has 0 bridgehead atoms. The molecule has 0 spiro atoms. The highest BCUT2D eigenvalue weighted by Gasteiger charge is 2.09. The molecule has 12 heteroatoms. The van der Waals surface area contributed by atoms with Crippen LogP contribution in [0.15, 0.2) is 72.8 Å². The van der Waals surface area contributed by atoms with E-state index in [-0.39, 0.29) is 0 Å². The second-order valence-corrected chi connectivity index (χ2v) is 9.85. The second kappa shape index (κ2) is 17.4. The largest absolute Gasteiger partial charge is 0.544 e. The molecule has 0 amide bonds. The maximum absolute atomic E-state index is 10.4. The Bertz CT molecular complexity index is 1040. The number of hydrogen-bond donors (Lipinski definition) is 3. The summed E-state index contributed by atoms with van der Waals surface area (Å²) in [7, 11) is 0. The molecule has 3 aromatic rings. The van der Waals surface area contributed by atoms with Crippen molar-refractivity contribution in [2.75, 3.05) is 0 Å². The van der Waals surface area contributed by atoms with Gasteiger partial charge in [-0.25, -0.2) is 0 Å². The van der Waals surface area contributed by atoms with E-state index in [1.807, 2.05) is 0 Å². The van der Waals surface area contributed by atoms with E-state index in [4.69, 9.17) is 34.8 Å². The Kier molecular flexibility index (Phi) is 15.1. The number of aliphatic carboxylic acids is 3. The van der Waals surface area contributed by atoms with Crippen LogP contribution in [0.2, 0.25) is 15.1 Å². The van der Waals surface area contributed by atoms with Crippen molar-refractivity contribution < 1.29 is 46.9 Å². The first-order chi connectivity index (χ1) is 18.3. The highest BCUT2D eigenvalue weighted by Crippen LogP contribution is 2.12. The minimum Gasteiger partial charge on any atom is -0.544 e. The molecule has 0 aliphatic heterocycles. The van der Waals surface area contributed by atoms with Crippen LogP contribution in [0.4, 0.5) is 0 Å². The smallest absolute Gasteiger partial charge is 0.129 e. The van der Waals surface area contributed by atoms with Gasteiger partial charge in [0.2, 0.25) is 0 Å². The molecule has 0 aliphatic rings. The summed E-state index contributed by atoms with van der Waals surface area (Å²) in [4.78, 5) is 31.1. The standard InChI is InChI=1S/3C9H10ClNO2/c3*10-7-3-1-6(2-4-7)5-8(11)9(12)13/h3*1-4,8H,5,11H2,(H,12,13)/t3*8-/m111/s1. The first-order valence-electron chi connectivity index (χ1n) is 11.6. The third-order valence-corrected chi connectivity index (χ3v) is 5.94. The Labute approximate surface area is 241 Å². The summed E-state index contributed by atoms with van der Waals surface area (Å²) >= 11 is 17.0. The van der Waals surface area contributed by atoms with Crippen molar-refractivity contribution >= 4 is 52.7 Å². The van der Waals surface area contributed by atoms with Crippen LogP contribution in [0.3, 0.4) is 0 Å². The van der Waals surface area contributed by atoms with Gasteiger partial charge < -0.3 is 46.9 Å². The summed E-state index contributed by atoms with van der Waals surface area (Å²) in [5, 5.41) is 33.0. The van der Waals surface area contributed by atoms with Gasteiger partial charge in [0.25, 0.3) is 0 Å². The molecule has 0 aromatic heterocycles. The molecule has 39 heavy (non-hydrogen) atoms. The molecular weight excluding hydrogens is 569 g/mol. The van der Waals surface area contributed by atoms with Crippen molar-refractivity contribution in [1.29, 1.82) is 0 Å². The molecule has 0 heterocycles. The van der Waals surface area contributed by atoms with Crippen molar-refractivity contribution in [3.63, 3.8) is 0 Å². The summed E-state index contributed by atoms with van der Waals surface area (Å²) in [6.45, 7) is 0. The molecule has 210 valence electrons. The minimum absolute atomic E-state index is 0.375. The molecule has 0 fully saturated rings. The number of carboxylic acids is 3. The summed E-state index contributed by atoms with van der Waals surface area (Å²) in [5.74, 6) is -3.39. The van der Waals surface area contributed by atoms with Gasteiger partial charge in [-0.2, -0.15) is 0 Å². The Morgan fingerprint density at radius 3 is 0.821 bits per heavy atom. The molecule has 9 nitrogen and oxygen atoms in total. The van der Waals surface area contributed by atoms with Crippen LogP contribution in [-0.2, 0) is 33.6 Å². The fourth-order valence-corrected chi connectivity index (χ4v) is 3.34. The monoisotopic (exact) mass is 597 g/mol. The summed E-state index contributed by atoms with van der Waals surface area (Å²) in [6.07, 6.45) is 1.12. The highest BCUT2D eigenvalue weighted by atomic mass is 35.5. The lowest BCUT2D eigenvalue weighted by Gasteiger charge is -2.08. The summed E-state index contributed by atoms with van der Waals surface area (Å²) in [5.41, 5.74) is 13.1. The van der Waals surface area contributed by atoms with E-state index in [0.29, 0.717) is 34.3 Å². The fraction of sp³-hybridized carbons (Fsp3) is 0.222. The van der Waals surface area contributed by atoms with E-state index in [9.17, 15) is 29.7 Å². The second-order valence-electron chi connectivity index (χ2n) is 8.54.